The molecule has 1 aromatic carbocycles. The van der Waals surface area contributed by atoms with E-state index in [9.17, 15) is 20.0 Å². The van der Waals surface area contributed by atoms with Crippen LogP contribution >= 0.6 is 0 Å². The van der Waals surface area contributed by atoms with Crippen LogP contribution in [-0.4, -0.2) is 20.4 Å². The zero-order valence-corrected chi connectivity index (χ0v) is 18.5. The van der Waals surface area contributed by atoms with Crippen molar-refractivity contribution in [3.8, 4) is 17.2 Å². The summed E-state index contributed by atoms with van der Waals surface area (Å²) >= 11 is 0. The fourth-order valence-electron chi connectivity index (χ4n) is 3.70. The maximum atomic E-state index is 13.3. The number of nitriles is 1. The van der Waals surface area contributed by atoms with E-state index in [0.29, 0.717) is 12.0 Å². The number of benzene rings is 1. The number of hydrogen-bond acceptors (Lipinski definition) is 5. The number of nitrogens with one attached hydrogen (secondary N) is 1. The minimum atomic E-state index is -0.522. The summed E-state index contributed by atoms with van der Waals surface area (Å²) in [5.41, 5.74) is 1.22. The predicted molar refractivity (Wildman–Crippen MR) is 125 cm³/mol. The van der Waals surface area contributed by atoms with Gasteiger partial charge in [0.2, 0.25) is 5.91 Å². The van der Waals surface area contributed by atoms with Crippen molar-refractivity contribution >= 4 is 23.1 Å². The Morgan fingerprint density at radius 2 is 1.88 bits per heavy atom. The highest BCUT2D eigenvalue weighted by atomic mass is 16.3. The smallest absolute Gasteiger partial charge is 0.270 e. The first kappa shape index (κ1) is 23.0. The van der Waals surface area contributed by atoms with Crippen LogP contribution in [0.15, 0.2) is 41.3 Å². The predicted octanol–water partition coefficient (Wildman–Crippen LogP) is 4.33. The number of unbranched alkanes of at least 4 members (excludes halogenated alkanes) is 4. The summed E-state index contributed by atoms with van der Waals surface area (Å²) in [5, 5.41) is 22.9. The minimum absolute atomic E-state index is 0.00498. The average Bonchev–Trinajstić information content (AvgIpc) is 3.18. The second-order valence-electron chi connectivity index (χ2n) is 7.74. The Labute approximate surface area is 187 Å². The molecule has 0 atom stereocenters. The van der Waals surface area contributed by atoms with Crippen molar-refractivity contribution in [2.75, 3.05) is 5.32 Å². The highest BCUT2D eigenvalue weighted by Gasteiger charge is 2.20. The van der Waals surface area contributed by atoms with E-state index in [1.165, 1.54) is 4.40 Å². The number of nitrogens with zero attached hydrogens (tertiary/aromatic N) is 3. The lowest BCUT2D eigenvalue weighted by Crippen LogP contribution is -2.37. The Bertz CT molecular complexity index is 1260. The van der Waals surface area contributed by atoms with Crippen LogP contribution in [0.25, 0.3) is 22.5 Å². The molecular weight excluding hydrogens is 404 g/mol. The van der Waals surface area contributed by atoms with Gasteiger partial charge in [-0.25, -0.2) is 4.98 Å². The number of aromatic nitrogens is 2. The quantitative estimate of drug-likeness (QED) is 0.490. The molecule has 0 aliphatic carbocycles. The van der Waals surface area contributed by atoms with Gasteiger partial charge in [0, 0.05) is 24.6 Å². The Hall–Kier alpha value is -3.66. The van der Waals surface area contributed by atoms with Gasteiger partial charge in [-0.3, -0.25) is 14.0 Å². The number of anilines is 1. The monoisotopic (exact) mass is 432 g/mol. The van der Waals surface area contributed by atoms with Crippen molar-refractivity contribution in [2.45, 2.75) is 58.8 Å². The number of aliphatic hydroxyl groups is 1. The van der Waals surface area contributed by atoms with Crippen molar-refractivity contribution in [1.82, 2.24) is 9.38 Å². The number of carbonyl (C=O) groups is 1. The number of rotatable bonds is 9. The van der Waals surface area contributed by atoms with Gasteiger partial charge in [0.1, 0.15) is 22.6 Å². The van der Waals surface area contributed by atoms with E-state index in [0.717, 1.165) is 37.7 Å². The molecule has 7 heteroatoms. The molecule has 7 nitrogen and oxygen atoms in total. The van der Waals surface area contributed by atoms with Crippen LogP contribution in [0.5, 0.6) is 0 Å². The molecule has 0 bridgehead atoms. The summed E-state index contributed by atoms with van der Waals surface area (Å²) in [7, 11) is 0. The maximum Gasteiger partial charge on any atom is 0.270 e. The molecule has 0 aliphatic rings. The summed E-state index contributed by atoms with van der Waals surface area (Å²) in [6, 6.07) is 11.4. The van der Waals surface area contributed by atoms with Crippen LogP contribution in [0.3, 0.4) is 0 Å². The third-order valence-corrected chi connectivity index (χ3v) is 5.45. The van der Waals surface area contributed by atoms with E-state index in [1.807, 2.05) is 30.3 Å². The second-order valence-corrected chi connectivity index (χ2v) is 7.74. The van der Waals surface area contributed by atoms with E-state index in [2.05, 4.69) is 23.3 Å². The molecule has 2 aromatic heterocycles. The Morgan fingerprint density at radius 1 is 1.16 bits per heavy atom. The van der Waals surface area contributed by atoms with E-state index in [4.69, 9.17) is 0 Å². The first-order valence-electron chi connectivity index (χ1n) is 11.1. The molecule has 3 rings (SSSR count). The largest absolute Gasteiger partial charge is 0.511 e. The molecule has 0 unspecified atom stereocenters. The minimum Gasteiger partial charge on any atom is -0.511 e. The SMILES string of the molecule is CCCCCCCC(=O)Nc1nc2c(C#N)c(-c3ccccc3)cn2c(=O)c1=C(O)CC. The number of amides is 1. The van der Waals surface area contributed by atoms with E-state index >= 15 is 0 Å². The van der Waals surface area contributed by atoms with Gasteiger partial charge in [0.15, 0.2) is 11.5 Å². The van der Waals surface area contributed by atoms with Crippen LogP contribution in [-0.2, 0) is 4.79 Å². The fraction of sp³-hybridized carbons (Fsp3) is 0.360. The van der Waals surface area contributed by atoms with Gasteiger partial charge in [0.05, 0.1) is 0 Å². The van der Waals surface area contributed by atoms with Gasteiger partial charge in [-0.2, -0.15) is 5.26 Å². The third kappa shape index (κ3) is 4.80. The lowest BCUT2D eigenvalue weighted by atomic mass is 10.1. The summed E-state index contributed by atoms with van der Waals surface area (Å²) in [6.07, 6.45) is 7.11. The normalized spacial score (nSPS) is 11.9. The molecule has 166 valence electrons. The highest BCUT2D eigenvalue weighted by molar-refractivity contribution is 5.90. The second kappa shape index (κ2) is 10.6. The van der Waals surface area contributed by atoms with E-state index < -0.39 is 5.56 Å². The summed E-state index contributed by atoms with van der Waals surface area (Å²) in [5.74, 6) is -0.429. The molecule has 0 fully saturated rings. The molecule has 32 heavy (non-hydrogen) atoms. The maximum absolute atomic E-state index is 13.3. The molecule has 2 heterocycles. The van der Waals surface area contributed by atoms with Crippen LogP contribution in [0.4, 0.5) is 5.82 Å². The van der Waals surface area contributed by atoms with Crippen molar-refractivity contribution in [3.63, 3.8) is 0 Å². The highest BCUT2D eigenvalue weighted by Crippen LogP contribution is 2.26. The van der Waals surface area contributed by atoms with E-state index in [1.54, 1.807) is 13.1 Å². The van der Waals surface area contributed by atoms with Crippen molar-refractivity contribution in [2.24, 2.45) is 0 Å². The van der Waals surface area contributed by atoms with E-state index in [-0.39, 0.29) is 40.3 Å². The van der Waals surface area contributed by atoms with Gasteiger partial charge < -0.3 is 10.4 Å². The lowest BCUT2D eigenvalue weighted by Gasteiger charge is -2.07. The Morgan fingerprint density at radius 3 is 2.53 bits per heavy atom. The Kier molecular flexibility index (Phi) is 7.61. The van der Waals surface area contributed by atoms with Crippen molar-refractivity contribution in [1.29, 1.82) is 5.26 Å². The van der Waals surface area contributed by atoms with Gasteiger partial charge in [-0.05, 0) is 12.0 Å². The zero-order chi connectivity index (χ0) is 23.1. The lowest BCUT2D eigenvalue weighted by molar-refractivity contribution is -0.116. The average molecular weight is 433 g/mol. The molecule has 1 amide bonds. The molecular formula is C25H28N4O3. The van der Waals surface area contributed by atoms with Gasteiger partial charge in [0.25, 0.3) is 5.56 Å². The van der Waals surface area contributed by atoms with Gasteiger partial charge >= 0.3 is 0 Å². The van der Waals surface area contributed by atoms with Crippen molar-refractivity contribution in [3.05, 3.63) is 57.7 Å². The number of hydrogen-bond donors (Lipinski definition) is 2. The van der Waals surface area contributed by atoms with Crippen LogP contribution in [0.2, 0.25) is 0 Å². The fourth-order valence-corrected chi connectivity index (χ4v) is 3.70. The zero-order valence-electron chi connectivity index (χ0n) is 18.5. The molecule has 3 aromatic rings. The summed E-state index contributed by atoms with van der Waals surface area (Å²) in [6.45, 7) is 3.84. The summed E-state index contributed by atoms with van der Waals surface area (Å²) in [4.78, 5) is 30.2. The molecule has 2 N–H and O–H groups in total. The van der Waals surface area contributed by atoms with Crippen LogP contribution in [0.1, 0.15) is 64.4 Å². The number of aliphatic hydroxyl groups excluding tert-OH is 1. The van der Waals surface area contributed by atoms with Crippen molar-refractivity contribution < 1.29 is 9.90 Å². The molecule has 0 spiro atoms. The summed E-state index contributed by atoms with van der Waals surface area (Å²) < 4.78 is 1.27. The standard InChI is InChI=1S/C25H28N4O3/c1-3-5-6-7-11-14-21(31)27-23-22(20(30)4-2)25(32)29-16-19(17-12-9-8-10-13-17)18(15-26)24(29)28-23/h8-10,12-13,16,30H,3-7,11,14H2,1-2H3,(H,27,28,31). The van der Waals surface area contributed by atoms with Crippen LogP contribution in [0, 0.1) is 11.3 Å². The van der Waals surface area contributed by atoms with Crippen LogP contribution < -0.4 is 16.1 Å². The third-order valence-electron chi connectivity index (χ3n) is 5.45. The molecule has 0 radical (unpaired) electrons. The first-order valence-corrected chi connectivity index (χ1v) is 11.1. The topological polar surface area (TPSA) is 107 Å². The van der Waals surface area contributed by atoms with Gasteiger partial charge in [-0.1, -0.05) is 69.9 Å². The molecule has 0 aliphatic heterocycles. The number of fused-ring (bicyclic) bond motifs is 1. The first-order chi connectivity index (χ1) is 15.5. The molecule has 0 saturated heterocycles. The Balaban J connectivity index is 2.07. The van der Waals surface area contributed by atoms with Gasteiger partial charge in [-0.15, -0.1) is 0 Å². The molecule has 0 saturated carbocycles. The number of carbonyl (C=O) groups excluding carboxylic acids is 1.